The van der Waals surface area contributed by atoms with Crippen molar-refractivity contribution in [1.29, 1.82) is 0 Å². The van der Waals surface area contributed by atoms with Crippen molar-refractivity contribution in [3.05, 3.63) is 77.2 Å². The minimum atomic E-state index is 0.313. The van der Waals surface area contributed by atoms with Crippen molar-refractivity contribution in [3.8, 4) is 16.2 Å². The first-order valence-corrected chi connectivity index (χ1v) is 8.63. The number of benzene rings is 2. The second kappa shape index (κ2) is 6.99. The van der Waals surface area contributed by atoms with E-state index >= 15 is 0 Å². The van der Waals surface area contributed by atoms with Crippen LogP contribution in [0.25, 0.3) is 10.4 Å². The van der Waals surface area contributed by atoms with E-state index in [2.05, 4.69) is 60.6 Å². The molecule has 1 atom stereocenters. The number of phenolic OH excluding ortho intramolecular Hbond substituents is 1. The Morgan fingerprint density at radius 3 is 2.52 bits per heavy atom. The first kappa shape index (κ1) is 15.8. The van der Waals surface area contributed by atoms with E-state index in [1.54, 1.807) is 23.5 Å². The van der Waals surface area contributed by atoms with Gasteiger partial charge in [-0.2, -0.15) is 0 Å². The third kappa shape index (κ3) is 3.81. The van der Waals surface area contributed by atoms with Gasteiger partial charge in [0, 0.05) is 17.5 Å². The van der Waals surface area contributed by atoms with Crippen LogP contribution in [-0.4, -0.2) is 17.1 Å². The van der Waals surface area contributed by atoms with Crippen LogP contribution in [0.3, 0.4) is 0 Å². The predicted octanol–water partition coefficient (Wildman–Crippen LogP) is 5.31. The topological polar surface area (TPSA) is 23.5 Å². The fourth-order valence-electron chi connectivity index (χ4n) is 2.68. The van der Waals surface area contributed by atoms with Crippen LogP contribution in [-0.2, 0) is 6.54 Å². The number of rotatable bonds is 5. The molecule has 0 aliphatic heterocycles. The highest BCUT2D eigenvalue weighted by Gasteiger charge is 2.13. The van der Waals surface area contributed by atoms with Gasteiger partial charge in [-0.3, -0.25) is 4.90 Å². The molecule has 23 heavy (non-hydrogen) atoms. The van der Waals surface area contributed by atoms with Crippen molar-refractivity contribution in [1.82, 2.24) is 4.90 Å². The molecule has 3 aromatic rings. The predicted molar refractivity (Wildman–Crippen MR) is 97.7 cm³/mol. The summed E-state index contributed by atoms with van der Waals surface area (Å²) in [6.45, 7) is 3.08. The summed E-state index contributed by atoms with van der Waals surface area (Å²) in [5.74, 6) is 0.313. The van der Waals surface area contributed by atoms with Gasteiger partial charge in [-0.1, -0.05) is 36.4 Å². The molecule has 1 heterocycles. The Kier molecular flexibility index (Phi) is 4.79. The molecule has 0 amide bonds. The quantitative estimate of drug-likeness (QED) is 0.687. The van der Waals surface area contributed by atoms with Crippen molar-refractivity contribution < 1.29 is 5.11 Å². The molecule has 0 aliphatic carbocycles. The van der Waals surface area contributed by atoms with Gasteiger partial charge in [-0.05, 0) is 60.3 Å². The Bertz CT molecular complexity index is 750. The van der Waals surface area contributed by atoms with E-state index in [0.29, 0.717) is 11.8 Å². The van der Waals surface area contributed by atoms with Gasteiger partial charge < -0.3 is 5.11 Å². The van der Waals surface area contributed by atoms with Crippen molar-refractivity contribution >= 4 is 11.3 Å². The monoisotopic (exact) mass is 323 g/mol. The highest BCUT2D eigenvalue weighted by Crippen LogP contribution is 2.29. The van der Waals surface area contributed by atoms with Crippen molar-refractivity contribution in [2.45, 2.75) is 19.5 Å². The molecule has 0 spiro atoms. The van der Waals surface area contributed by atoms with Crippen LogP contribution in [0.2, 0.25) is 0 Å². The van der Waals surface area contributed by atoms with Gasteiger partial charge in [0.2, 0.25) is 0 Å². The molecule has 0 saturated heterocycles. The SMILES string of the molecule is C[C@H](c1cccc(-c2cccs2)c1)N(C)Cc1ccc(O)cc1. The molecule has 0 fully saturated rings. The Balaban J connectivity index is 1.75. The minimum Gasteiger partial charge on any atom is -0.508 e. The largest absolute Gasteiger partial charge is 0.508 e. The maximum atomic E-state index is 9.39. The zero-order valence-electron chi connectivity index (χ0n) is 13.4. The average molecular weight is 323 g/mol. The Morgan fingerprint density at radius 2 is 1.83 bits per heavy atom. The maximum Gasteiger partial charge on any atom is 0.115 e. The summed E-state index contributed by atoms with van der Waals surface area (Å²) in [5, 5.41) is 11.5. The van der Waals surface area contributed by atoms with Crippen LogP contribution >= 0.6 is 11.3 Å². The van der Waals surface area contributed by atoms with E-state index in [-0.39, 0.29) is 0 Å². The minimum absolute atomic E-state index is 0.313. The summed E-state index contributed by atoms with van der Waals surface area (Å²) in [6, 6.07) is 20.8. The van der Waals surface area contributed by atoms with Gasteiger partial charge in [0.1, 0.15) is 5.75 Å². The van der Waals surface area contributed by atoms with Crippen molar-refractivity contribution in [2.24, 2.45) is 0 Å². The molecule has 118 valence electrons. The number of aromatic hydroxyl groups is 1. The summed E-state index contributed by atoms with van der Waals surface area (Å²) in [5.41, 5.74) is 3.80. The van der Waals surface area contributed by atoms with Gasteiger partial charge >= 0.3 is 0 Å². The molecule has 0 unspecified atom stereocenters. The molecule has 3 heteroatoms. The molecule has 2 aromatic carbocycles. The van der Waals surface area contributed by atoms with Crippen molar-refractivity contribution in [3.63, 3.8) is 0 Å². The van der Waals surface area contributed by atoms with E-state index in [1.807, 2.05) is 12.1 Å². The fourth-order valence-corrected chi connectivity index (χ4v) is 3.40. The smallest absolute Gasteiger partial charge is 0.115 e. The van der Waals surface area contributed by atoms with Crippen molar-refractivity contribution in [2.75, 3.05) is 7.05 Å². The molecule has 0 radical (unpaired) electrons. The third-order valence-electron chi connectivity index (χ3n) is 4.20. The van der Waals surface area contributed by atoms with E-state index in [4.69, 9.17) is 0 Å². The molecule has 0 bridgehead atoms. The number of thiophene rings is 1. The standard InChI is InChI=1S/C20H21NOS/c1-15(21(2)14-16-8-10-19(22)11-9-16)17-5-3-6-18(13-17)20-7-4-12-23-20/h3-13,15,22H,14H2,1-2H3/t15-/m1/s1. The zero-order valence-corrected chi connectivity index (χ0v) is 14.3. The van der Waals surface area contributed by atoms with Gasteiger partial charge in [-0.15, -0.1) is 11.3 Å². The fraction of sp³-hybridized carbons (Fsp3) is 0.200. The lowest BCUT2D eigenvalue weighted by atomic mass is 10.0. The molecular weight excluding hydrogens is 302 g/mol. The summed E-state index contributed by atoms with van der Waals surface area (Å²) in [7, 11) is 2.13. The highest BCUT2D eigenvalue weighted by atomic mass is 32.1. The van der Waals surface area contributed by atoms with E-state index in [0.717, 1.165) is 6.54 Å². The highest BCUT2D eigenvalue weighted by molar-refractivity contribution is 7.13. The van der Waals surface area contributed by atoms with Crippen LogP contribution in [0, 0.1) is 0 Å². The van der Waals surface area contributed by atoms with E-state index in [9.17, 15) is 5.11 Å². The van der Waals surface area contributed by atoms with Crippen LogP contribution in [0.1, 0.15) is 24.1 Å². The summed E-state index contributed by atoms with van der Waals surface area (Å²) in [6.07, 6.45) is 0. The lowest BCUT2D eigenvalue weighted by Gasteiger charge is -2.25. The van der Waals surface area contributed by atoms with Gasteiger partial charge in [-0.25, -0.2) is 0 Å². The Labute approximate surface area is 141 Å². The molecule has 1 N–H and O–H groups in total. The number of hydrogen-bond donors (Lipinski definition) is 1. The Hall–Kier alpha value is -2.10. The average Bonchev–Trinajstić information content (AvgIpc) is 3.11. The second-order valence-corrected chi connectivity index (χ2v) is 6.81. The maximum absolute atomic E-state index is 9.39. The second-order valence-electron chi connectivity index (χ2n) is 5.86. The summed E-state index contributed by atoms with van der Waals surface area (Å²) < 4.78 is 0. The van der Waals surface area contributed by atoms with E-state index < -0.39 is 0 Å². The molecular formula is C20H21NOS. The number of hydrogen-bond acceptors (Lipinski definition) is 3. The first-order chi connectivity index (χ1) is 11.1. The van der Waals surface area contributed by atoms with Gasteiger partial charge in [0.05, 0.1) is 0 Å². The lowest BCUT2D eigenvalue weighted by molar-refractivity contribution is 0.253. The molecule has 2 nitrogen and oxygen atoms in total. The normalized spacial score (nSPS) is 12.5. The molecule has 0 saturated carbocycles. The zero-order chi connectivity index (χ0) is 16.2. The summed E-state index contributed by atoms with van der Waals surface area (Å²) >= 11 is 1.77. The van der Waals surface area contributed by atoms with Gasteiger partial charge in [0.15, 0.2) is 0 Å². The van der Waals surface area contributed by atoms with Crippen LogP contribution < -0.4 is 0 Å². The molecule has 3 rings (SSSR count). The first-order valence-electron chi connectivity index (χ1n) is 7.75. The van der Waals surface area contributed by atoms with Crippen LogP contribution in [0.15, 0.2) is 66.0 Å². The molecule has 1 aromatic heterocycles. The van der Waals surface area contributed by atoms with Gasteiger partial charge in [0.25, 0.3) is 0 Å². The summed E-state index contributed by atoms with van der Waals surface area (Å²) in [4.78, 5) is 3.63. The molecule has 0 aliphatic rings. The van der Waals surface area contributed by atoms with Crippen LogP contribution in [0.4, 0.5) is 0 Å². The van der Waals surface area contributed by atoms with E-state index in [1.165, 1.54) is 21.6 Å². The van der Waals surface area contributed by atoms with Crippen LogP contribution in [0.5, 0.6) is 5.75 Å². The number of nitrogens with zero attached hydrogens (tertiary/aromatic N) is 1. The third-order valence-corrected chi connectivity index (χ3v) is 5.12. The number of phenols is 1. The Morgan fingerprint density at radius 1 is 1.04 bits per heavy atom. The lowest BCUT2D eigenvalue weighted by Crippen LogP contribution is -2.21.